The summed E-state index contributed by atoms with van der Waals surface area (Å²) in [5, 5.41) is 3.28. The first-order valence-corrected chi connectivity index (χ1v) is 14.6. The quantitative estimate of drug-likeness (QED) is 0.407. The van der Waals surface area contributed by atoms with Crippen LogP contribution in [0.1, 0.15) is 24.9 Å². The Morgan fingerprint density at radius 3 is 1.97 bits per heavy atom. The molecule has 1 N–H and O–H groups in total. The van der Waals surface area contributed by atoms with Crippen molar-refractivity contribution in [2.24, 2.45) is 0 Å². The van der Waals surface area contributed by atoms with Gasteiger partial charge in [-0.05, 0) is 54.4 Å². The standard InChI is InChI=1S/C24H24Cl2N2O5S2/c1-3-23(17-9-11-21(12-10-17)34(2,30)31)27-24(29)16-28(20-14-18(25)13-19(26)15-20)35(32,33)22-7-5-4-6-8-22/h4-15,23H,3,16H2,1-2H3,(H,27,29). The van der Waals surface area contributed by atoms with E-state index in [9.17, 15) is 21.6 Å². The maximum atomic E-state index is 13.5. The molecular formula is C24H24Cl2N2O5S2. The summed E-state index contributed by atoms with van der Waals surface area (Å²) in [5.41, 5.74) is 0.837. The maximum absolute atomic E-state index is 13.5. The van der Waals surface area contributed by atoms with Crippen LogP contribution in [0, 0.1) is 0 Å². The predicted octanol–water partition coefficient (Wildman–Crippen LogP) is 4.86. The summed E-state index contributed by atoms with van der Waals surface area (Å²) >= 11 is 12.2. The van der Waals surface area contributed by atoms with Crippen molar-refractivity contribution in [3.05, 3.63) is 88.4 Å². The summed E-state index contributed by atoms with van der Waals surface area (Å²) in [4.78, 5) is 13.2. The highest BCUT2D eigenvalue weighted by Gasteiger charge is 2.28. The lowest BCUT2D eigenvalue weighted by atomic mass is 10.0. The third-order valence-corrected chi connectivity index (χ3v) is 8.56. The van der Waals surface area contributed by atoms with E-state index in [0.29, 0.717) is 12.0 Å². The van der Waals surface area contributed by atoms with Crippen LogP contribution in [0.25, 0.3) is 0 Å². The van der Waals surface area contributed by atoms with Crippen molar-refractivity contribution in [3.63, 3.8) is 0 Å². The van der Waals surface area contributed by atoms with E-state index in [0.717, 1.165) is 10.6 Å². The first kappa shape index (κ1) is 27.0. The maximum Gasteiger partial charge on any atom is 0.264 e. The number of sulfonamides is 1. The number of anilines is 1. The van der Waals surface area contributed by atoms with Crippen LogP contribution in [0.4, 0.5) is 5.69 Å². The number of sulfone groups is 1. The number of amides is 1. The van der Waals surface area contributed by atoms with E-state index in [1.54, 1.807) is 30.3 Å². The zero-order chi connectivity index (χ0) is 25.8. The summed E-state index contributed by atoms with van der Waals surface area (Å²) in [6, 6.07) is 17.8. The number of hydrogen-bond donors (Lipinski definition) is 1. The van der Waals surface area contributed by atoms with Gasteiger partial charge >= 0.3 is 0 Å². The van der Waals surface area contributed by atoms with E-state index in [1.807, 2.05) is 6.92 Å². The molecular weight excluding hydrogens is 531 g/mol. The molecule has 0 aliphatic rings. The molecule has 0 heterocycles. The Kier molecular flexibility index (Phi) is 8.48. The molecule has 3 aromatic rings. The highest BCUT2D eigenvalue weighted by atomic mass is 35.5. The molecule has 0 aliphatic heterocycles. The molecule has 1 atom stereocenters. The van der Waals surface area contributed by atoms with Crippen LogP contribution in [0.2, 0.25) is 10.0 Å². The van der Waals surface area contributed by atoms with Crippen molar-refractivity contribution >= 4 is 54.7 Å². The fraction of sp³-hybridized carbons (Fsp3) is 0.208. The molecule has 1 amide bonds. The molecule has 0 bridgehead atoms. The van der Waals surface area contributed by atoms with Crippen LogP contribution >= 0.6 is 23.2 Å². The van der Waals surface area contributed by atoms with E-state index < -0.39 is 38.4 Å². The van der Waals surface area contributed by atoms with Gasteiger partial charge in [0.05, 0.1) is 21.5 Å². The molecule has 0 fully saturated rings. The average Bonchev–Trinajstić information content (AvgIpc) is 2.80. The Balaban J connectivity index is 1.91. The van der Waals surface area contributed by atoms with Crippen LogP contribution in [0.15, 0.2) is 82.6 Å². The smallest absolute Gasteiger partial charge is 0.264 e. The lowest BCUT2D eigenvalue weighted by Gasteiger charge is -2.26. The molecule has 7 nitrogen and oxygen atoms in total. The fourth-order valence-corrected chi connectivity index (χ4v) is 6.03. The number of nitrogens with one attached hydrogen (secondary N) is 1. The second-order valence-electron chi connectivity index (χ2n) is 7.82. The molecule has 0 spiro atoms. The lowest BCUT2D eigenvalue weighted by molar-refractivity contribution is -0.120. The Labute approximate surface area is 215 Å². The lowest BCUT2D eigenvalue weighted by Crippen LogP contribution is -2.42. The summed E-state index contributed by atoms with van der Waals surface area (Å²) in [7, 11) is -7.48. The highest BCUT2D eigenvalue weighted by Crippen LogP contribution is 2.30. The van der Waals surface area contributed by atoms with Gasteiger partial charge in [0.2, 0.25) is 5.91 Å². The van der Waals surface area contributed by atoms with Gasteiger partial charge < -0.3 is 5.32 Å². The van der Waals surface area contributed by atoms with E-state index in [4.69, 9.17) is 23.2 Å². The minimum absolute atomic E-state index is 0.00676. The van der Waals surface area contributed by atoms with Gasteiger partial charge in [0.15, 0.2) is 9.84 Å². The number of carbonyl (C=O) groups is 1. The van der Waals surface area contributed by atoms with Gasteiger partial charge in [-0.2, -0.15) is 0 Å². The highest BCUT2D eigenvalue weighted by molar-refractivity contribution is 7.93. The molecule has 0 saturated heterocycles. The first-order chi connectivity index (χ1) is 16.4. The molecule has 35 heavy (non-hydrogen) atoms. The number of benzene rings is 3. The van der Waals surface area contributed by atoms with E-state index in [-0.39, 0.29) is 25.5 Å². The molecule has 0 aliphatic carbocycles. The van der Waals surface area contributed by atoms with E-state index >= 15 is 0 Å². The Hall–Kier alpha value is -2.59. The first-order valence-electron chi connectivity index (χ1n) is 10.5. The van der Waals surface area contributed by atoms with Crippen molar-refractivity contribution in [3.8, 4) is 0 Å². The number of hydrogen-bond acceptors (Lipinski definition) is 5. The summed E-state index contributed by atoms with van der Waals surface area (Å²) in [6.07, 6.45) is 1.61. The fourth-order valence-electron chi connectivity index (χ4n) is 3.46. The van der Waals surface area contributed by atoms with Gasteiger partial charge in [-0.25, -0.2) is 16.8 Å². The molecule has 3 rings (SSSR count). The van der Waals surface area contributed by atoms with Crippen molar-refractivity contribution in [1.82, 2.24) is 5.32 Å². The number of halogens is 2. The van der Waals surface area contributed by atoms with Crippen LogP contribution < -0.4 is 9.62 Å². The van der Waals surface area contributed by atoms with E-state index in [2.05, 4.69) is 5.32 Å². The van der Waals surface area contributed by atoms with Gasteiger partial charge in [0.1, 0.15) is 6.54 Å². The normalized spacial score (nSPS) is 12.7. The zero-order valence-corrected chi connectivity index (χ0v) is 22.1. The van der Waals surface area contributed by atoms with Gasteiger partial charge in [0.25, 0.3) is 10.0 Å². The Morgan fingerprint density at radius 1 is 0.886 bits per heavy atom. The Morgan fingerprint density at radius 2 is 1.46 bits per heavy atom. The summed E-state index contributed by atoms with van der Waals surface area (Å²) in [6.45, 7) is 1.33. The number of nitrogens with zero attached hydrogens (tertiary/aromatic N) is 1. The monoisotopic (exact) mass is 554 g/mol. The van der Waals surface area contributed by atoms with Gasteiger partial charge in [-0.1, -0.05) is 60.5 Å². The molecule has 3 aromatic carbocycles. The summed E-state index contributed by atoms with van der Waals surface area (Å²) < 4.78 is 51.3. The Bertz CT molecular complexity index is 1390. The van der Waals surface area contributed by atoms with Crippen LogP contribution in [0.5, 0.6) is 0 Å². The third-order valence-electron chi connectivity index (χ3n) is 5.21. The minimum Gasteiger partial charge on any atom is -0.348 e. The summed E-state index contributed by atoms with van der Waals surface area (Å²) in [5.74, 6) is -0.556. The van der Waals surface area contributed by atoms with Gasteiger partial charge in [-0.3, -0.25) is 9.10 Å². The molecule has 0 saturated carbocycles. The predicted molar refractivity (Wildman–Crippen MR) is 138 cm³/mol. The van der Waals surface area contributed by atoms with Gasteiger partial charge in [0, 0.05) is 16.3 Å². The van der Waals surface area contributed by atoms with Crippen LogP contribution in [0.3, 0.4) is 0 Å². The molecule has 0 aromatic heterocycles. The van der Waals surface area contributed by atoms with Crippen LogP contribution in [-0.2, 0) is 24.7 Å². The van der Waals surface area contributed by atoms with Crippen LogP contribution in [-0.4, -0.2) is 35.5 Å². The number of carbonyl (C=O) groups excluding carboxylic acids is 1. The number of rotatable bonds is 9. The van der Waals surface area contributed by atoms with Crippen molar-refractivity contribution in [2.45, 2.75) is 29.2 Å². The third kappa shape index (κ3) is 6.76. The minimum atomic E-state index is -4.12. The second-order valence-corrected chi connectivity index (χ2v) is 12.6. The molecule has 11 heteroatoms. The van der Waals surface area contributed by atoms with Gasteiger partial charge in [-0.15, -0.1) is 0 Å². The molecule has 186 valence electrons. The van der Waals surface area contributed by atoms with Crippen molar-refractivity contribution in [2.75, 3.05) is 17.1 Å². The largest absolute Gasteiger partial charge is 0.348 e. The molecule has 0 radical (unpaired) electrons. The average molecular weight is 556 g/mol. The molecule has 1 unspecified atom stereocenters. The topological polar surface area (TPSA) is 101 Å². The van der Waals surface area contributed by atoms with E-state index in [1.165, 1.54) is 42.5 Å². The van der Waals surface area contributed by atoms with Crippen molar-refractivity contribution < 1.29 is 21.6 Å². The zero-order valence-electron chi connectivity index (χ0n) is 19.0. The SMILES string of the molecule is CCC(NC(=O)CN(c1cc(Cl)cc(Cl)c1)S(=O)(=O)c1ccccc1)c1ccc(S(C)(=O)=O)cc1. The second kappa shape index (κ2) is 11.0. The van der Waals surface area contributed by atoms with Crippen molar-refractivity contribution in [1.29, 1.82) is 0 Å².